The van der Waals surface area contributed by atoms with Gasteiger partial charge in [0.15, 0.2) is 0 Å². The minimum Gasteiger partial charge on any atom is -0.508 e. The van der Waals surface area contributed by atoms with Gasteiger partial charge in [0.2, 0.25) is 0 Å². The lowest BCUT2D eigenvalue weighted by molar-refractivity contribution is 0.475. The molecular formula is C10H9BrN2O. The Morgan fingerprint density at radius 3 is 2.50 bits per heavy atom. The monoisotopic (exact) mass is 252 g/mol. The zero-order valence-corrected chi connectivity index (χ0v) is 8.98. The molecule has 0 aliphatic carbocycles. The SMILES string of the molecule is Oc1ccc(Cn2ccc(Br)n2)cc1. The third kappa shape index (κ3) is 2.14. The van der Waals surface area contributed by atoms with Crippen molar-refractivity contribution in [1.29, 1.82) is 0 Å². The lowest BCUT2D eigenvalue weighted by Gasteiger charge is -2.01. The van der Waals surface area contributed by atoms with Gasteiger partial charge in [-0.3, -0.25) is 4.68 Å². The normalized spacial score (nSPS) is 10.4. The van der Waals surface area contributed by atoms with E-state index in [1.165, 1.54) is 0 Å². The first-order chi connectivity index (χ1) is 6.74. The van der Waals surface area contributed by atoms with E-state index >= 15 is 0 Å². The number of rotatable bonds is 2. The zero-order valence-electron chi connectivity index (χ0n) is 7.39. The van der Waals surface area contributed by atoms with Crippen molar-refractivity contribution in [1.82, 2.24) is 9.78 Å². The van der Waals surface area contributed by atoms with Crippen LogP contribution < -0.4 is 0 Å². The number of halogens is 1. The molecule has 0 aliphatic heterocycles. The number of nitrogens with zero attached hydrogens (tertiary/aromatic N) is 2. The highest BCUT2D eigenvalue weighted by Crippen LogP contribution is 2.11. The van der Waals surface area contributed by atoms with Crippen LogP contribution in [0.1, 0.15) is 5.56 Å². The fraction of sp³-hybridized carbons (Fsp3) is 0.100. The van der Waals surface area contributed by atoms with Crippen molar-refractivity contribution in [3.8, 4) is 5.75 Å². The Hall–Kier alpha value is -1.29. The van der Waals surface area contributed by atoms with Gasteiger partial charge in [0.25, 0.3) is 0 Å². The second-order valence-electron chi connectivity index (χ2n) is 3.00. The highest BCUT2D eigenvalue weighted by Gasteiger charge is 1.97. The van der Waals surface area contributed by atoms with Crippen molar-refractivity contribution in [3.05, 3.63) is 46.7 Å². The van der Waals surface area contributed by atoms with Gasteiger partial charge in [0.05, 0.1) is 6.54 Å². The zero-order chi connectivity index (χ0) is 9.97. The Kier molecular flexibility index (Phi) is 2.54. The van der Waals surface area contributed by atoms with Crippen LogP contribution in [-0.2, 0) is 6.54 Å². The molecule has 2 rings (SSSR count). The summed E-state index contributed by atoms with van der Waals surface area (Å²) >= 11 is 3.29. The number of aromatic nitrogens is 2. The molecular weight excluding hydrogens is 244 g/mol. The number of aromatic hydroxyl groups is 1. The molecule has 72 valence electrons. The molecule has 0 saturated heterocycles. The van der Waals surface area contributed by atoms with E-state index in [1.54, 1.807) is 12.1 Å². The number of benzene rings is 1. The minimum atomic E-state index is 0.287. The highest BCUT2D eigenvalue weighted by atomic mass is 79.9. The molecule has 1 aromatic heterocycles. The van der Waals surface area contributed by atoms with Crippen LogP contribution in [-0.4, -0.2) is 14.9 Å². The van der Waals surface area contributed by atoms with Crippen LogP contribution in [0.3, 0.4) is 0 Å². The van der Waals surface area contributed by atoms with Crippen LogP contribution in [0.4, 0.5) is 0 Å². The molecule has 2 aromatic rings. The van der Waals surface area contributed by atoms with Crippen molar-refractivity contribution >= 4 is 15.9 Å². The van der Waals surface area contributed by atoms with Crippen molar-refractivity contribution in [2.24, 2.45) is 0 Å². The van der Waals surface area contributed by atoms with Gasteiger partial charge < -0.3 is 5.11 Å². The second-order valence-corrected chi connectivity index (χ2v) is 3.81. The van der Waals surface area contributed by atoms with E-state index < -0.39 is 0 Å². The Balaban J connectivity index is 2.15. The summed E-state index contributed by atoms with van der Waals surface area (Å²) in [6, 6.07) is 9.00. The van der Waals surface area contributed by atoms with Crippen molar-refractivity contribution < 1.29 is 5.11 Å². The highest BCUT2D eigenvalue weighted by molar-refractivity contribution is 9.10. The van der Waals surface area contributed by atoms with Crippen LogP contribution in [0.2, 0.25) is 0 Å². The molecule has 0 spiro atoms. The number of phenolic OH excluding ortho intramolecular Hbond substituents is 1. The standard InChI is InChI=1S/C10H9BrN2O/c11-10-5-6-13(12-10)7-8-1-3-9(14)4-2-8/h1-6,14H,7H2. The molecule has 0 amide bonds. The summed E-state index contributed by atoms with van der Waals surface area (Å²) in [4.78, 5) is 0. The maximum atomic E-state index is 9.10. The van der Waals surface area contributed by atoms with E-state index in [-0.39, 0.29) is 5.75 Å². The lowest BCUT2D eigenvalue weighted by atomic mass is 10.2. The molecule has 0 bridgehead atoms. The topological polar surface area (TPSA) is 38.0 Å². The van der Waals surface area contributed by atoms with Crippen LogP contribution in [0.5, 0.6) is 5.75 Å². The third-order valence-electron chi connectivity index (χ3n) is 1.89. The van der Waals surface area contributed by atoms with E-state index in [4.69, 9.17) is 5.11 Å². The van der Waals surface area contributed by atoms with E-state index in [0.29, 0.717) is 6.54 Å². The van der Waals surface area contributed by atoms with Crippen LogP contribution >= 0.6 is 15.9 Å². The Morgan fingerprint density at radius 2 is 1.93 bits per heavy atom. The fourth-order valence-corrected chi connectivity index (χ4v) is 1.54. The fourth-order valence-electron chi connectivity index (χ4n) is 1.21. The molecule has 14 heavy (non-hydrogen) atoms. The van der Waals surface area contributed by atoms with Crippen molar-refractivity contribution in [3.63, 3.8) is 0 Å². The van der Waals surface area contributed by atoms with Gasteiger partial charge in [0.1, 0.15) is 10.4 Å². The molecule has 1 heterocycles. The molecule has 0 aliphatic rings. The molecule has 0 saturated carbocycles. The Labute approximate surface area is 90.1 Å². The summed E-state index contributed by atoms with van der Waals surface area (Å²) in [5.41, 5.74) is 1.11. The summed E-state index contributed by atoms with van der Waals surface area (Å²) < 4.78 is 2.66. The molecule has 0 unspecified atom stereocenters. The van der Waals surface area contributed by atoms with Crippen molar-refractivity contribution in [2.75, 3.05) is 0 Å². The second kappa shape index (κ2) is 3.84. The first-order valence-corrected chi connectivity index (χ1v) is 5.00. The van der Waals surface area contributed by atoms with Gasteiger partial charge in [-0.1, -0.05) is 12.1 Å². The summed E-state index contributed by atoms with van der Waals surface area (Å²) in [5, 5.41) is 13.3. The average Bonchev–Trinajstić information content (AvgIpc) is 2.56. The largest absolute Gasteiger partial charge is 0.508 e. The van der Waals surface area contributed by atoms with Gasteiger partial charge in [-0.25, -0.2) is 0 Å². The number of phenols is 1. The molecule has 0 fully saturated rings. The smallest absolute Gasteiger partial charge is 0.128 e. The Bertz CT molecular complexity index is 422. The van der Waals surface area contributed by atoms with Gasteiger partial charge in [-0.15, -0.1) is 0 Å². The van der Waals surface area contributed by atoms with Gasteiger partial charge in [-0.05, 0) is 39.7 Å². The summed E-state index contributed by atoms with van der Waals surface area (Å²) in [7, 11) is 0. The summed E-state index contributed by atoms with van der Waals surface area (Å²) in [5.74, 6) is 0.287. The predicted molar refractivity (Wildman–Crippen MR) is 57.1 cm³/mol. The van der Waals surface area contributed by atoms with Crippen LogP contribution in [0.25, 0.3) is 0 Å². The first-order valence-electron chi connectivity index (χ1n) is 4.21. The third-order valence-corrected chi connectivity index (χ3v) is 2.31. The van der Waals surface area contributed by atoms with Crippen LogP contribution in [0, 0.1) is 0 Å². The maximum Gasteiger partial charge on any atom is 0.128 e. The van der Waals surface area contributed by atoms with Gasteiger partial charge in [-0.2, -0.15) is 5.10 Å². The number of hydrogen-bond donors (Lipinski definition) is 1. The molecule has 1 N–H and O–H groups in total. The van der Waals surface area contributed by atoms with E-state index in [2.05, 4.69) is 21.0 Å². The molecule has 0 radical (unpaired) electrons. The van der Waals surface area contributed by atoms with E-state index in [0.717, 1.165) is 10.2 Å². The molecule has 3 nitrogen and oxygen atoms in total. The summed E-state index contributed by atoms with van der Waals surface area (Å²) in [6.45, 7) is 0.714. The summed E-state index contributed by atoms with van der Waals surface area (Å²) in [6.07, 6.45) is 1.90. The molecule has 4 heteroatoms. The number of hydrogen-bond acceptors (Lipinski definition) is 2. The maximum absolute atomic E-state index is 9.10. The average molecular weight is 253 g/mol. The predicted octanol–water partition coefficient (Wildman–Crippen LogP) is 2.40. The van der Waals surface area contributed by atoms with E-state index in [1.807, 2.05) is 29.1 Å². The minimum absolute atomic E-state index is 0.287. The molecule has 1 aromatic carbocycles. The van der Waals surface area contributed by atoms with Crippen LogP contribution in [0.15, 0.2) is 41.1 Å². The van der Waals surface area contributed by atoms with E-state index in [9.17, 15) is 0 Å². The molecule has 0 atom stereocenters. The van der Waals surface area contributed by atoms with Gasteiger partial charge in [0, 0.05) is 6.20 Å². The lowest BCUT2D eigenvalue weighted by Crippen LogP contribution is -1.99. The Morgan fingerprint density at radius 1 is 1.21 bits per heavy atom. The first kappa shape index (κ1) is 9.27. The van der Waals surface area contributed by atoms with Gasteiger partial charge >= 0.3 is 0 Å². The quantitative estimate of drug-likeness (QED) is 0.892. The van der Waals surface area contributed by atoms with Crippen molar-refractivity contribution in [2.45, 2.75) is 6.54 Å².